The summed E-state index contributed by atoms with van der Waals surface area (Å²) in [6, 6.07) is 7.15. The second-order valence-electron chi connectivity index (χ2n) is 9.51. The predicted molar refractivity (Wildman–Crippen MR) is 128 cm³/mol. The number of hydrogen-bond acceptors (Lipinski definition) is 5. The van der Waals surface area contributed by atoms with Crippen LogP contribution >= 0.6 is 0 Å². The number of carbonyl (C=O) groups excluding carboxylic acids is 1. The smallest absolute Gasteiger partial charge is 0.219 e. The van der Waals surface area contributed by atoms with E-state index in [0.29, 0.717) is 12.6 Å². The molecule has 1 amide bonds. The van der Waals surface area contributed by atoms with E-state index in [4.69, 9.17) is 5.10 Å². The number of aromatic nitrogens is 4. The quantitative estimate of drug-likeness (QED) is 0.671. The van der Waals surface area contributed by atoms with Crippen molar-refractivity contribution in [2.24, 2.45) is 7.05 Å². The molecule has 8 nitrogen and oxygen atoms in total. The third kappa shape index (κ3) is 3.53. The Morgan fingerprint density at radius 1 is 1.12 bits per heavy atom. The molecule has 0 aliphatic carbocycles. The van der Waals surface area contributed by atoms with Crippen LogP contribution < -0.4 is 10.2 Å². The molecule has 33 heavy (non-hydrogen) atoms. The zero-order chi connectivity index (χ0) is 22.5. The Bertz CT molecular complexity index is 1200. The summed E-state index contributed by atoms with van der Waals surface area (Å²) in [7, 11) is 1.95. The van der Waals surface area contributed by atoms with Crippen LogP contribution in [-0.2, 0) is 31.2 Å². The topological polar surface area (TPSA) is 71.2 Å². The average molecular weight is 446 g/mol. The zero-order valence-electron chi connectivity index (χ0n) is 19.4. The van der Waals surface area contributed by atoms with Gasteiger partial charge in [-0.1, -0.05) is 6.07 Å². The number of amides is 1. The molecule has 6 rings (SSSR count). The van der Waals surface area contributed by atoms with Crippen LogP contribution in [0, 0.1) is 0 Å². The van der Waals surface area contributed by atoms with Crippen LogP contribution in [0.15, 0.2) is 30.6 Å². The van der Waals surface area contributed by atoms with E-state index in [9.17, 15) is 4.79 Å². The van der Waals surface area contributed by atoms with Crippen molar-refractivity contribution in [2.45, 2.75) is 45.2 Å². The molecule has 0 bridgehead atoms. The van der Waals surface area contributed by atoms with Crippen LogP contribution in [-0.4, -0.2) is 56.5 Å². The Kier molecular flexibility index (Phi) is 4.98. The van der Waals surface area contributed by atoms with Gasteiger partial charge >= 0.3 is 0 Å². The fourth-order valence-electron chi connectivity index (χ4n) is 5.64. The minimum atomic E-state index is 0.143. The standard InChI is InChI=1S/C25H31N7O/c1-17(33)30-11-8-24-22(16-30)25(28-32(24)21-5-9-26-10-6-21)31-12-7-19-13-18(3-4-23(19)31)20-14-27-29(2)15-20/h3-4,13-15,21,26H,5-12,16H2,1-2H3. The van der Waals surface area contributed by atoms with Crippen LogP contribution in [0.2, 0.25) is 0 Å². The summed E-state index contributed by atoms with van der Waals surface area (Å²) in [5.74, 6) is 1.19. The number of nitrogens with one attached hydrogen (secondary N) is 1. The van der Waals surface area contributed by atoms with E-state index >= 15 is 0 Å². The van der Waals surface area contributed by atoms with E-state index in [1.54, 1.807) is 6.92 Å². The highest BCUT2D eigenvalue weighted by molar-refractivity contribution is 5.77. The molecule has 0 radical (unpaired) electrons. The van der Waals surface area contributed by atoms with E-state index < -0.39 is 0 Å². The van der Waals surface area contributed by atoms with E-state index in [1.807, 2.05) is 22.8 Å². The number of carbonyl (C=O) groups is 1. The number of aryl methyl sites for hydroxylation is 1. The molecule has 0 unspecified atom stereocenters. The first kappa shape index (κ1) is 20.5. The minimum absolute atomic E-state index is 0.143. The van der Waals surface area contributed by atoms with Crippen molar-refractivity contribution in [1.29, 1.82) is 0 Å². The lowest BCUT2D eigenvalue weighted by molar-refractivity contribution is -0.129. The Balaban J connectivity index is 1.39. The monoisotopic (exact) mass is 445 g/mol. The average Bonchev–Trinajstić information content (AvgIpc) is 3.55. The van der Waals surface area contributed by atoms with Gasteiger partial charge in [0, 0.05) is 62.2 Å². The second-order valence-corrected chi connectivity index (χ2v) is 9.51. The van der Waals surface area contributed by atoms with E-state index in [2.05, 4.69) is 44.4 Å². The van der Waals surface area contributed by atoms with E-state index in [0.717, 1.165) is 63.2 Å². The van der Waals surface area contributed by atoms with Crippen molar-refractivity contribution in [3.63, 3.8) is 0 Å². The highest BCUT2D eigenvalue weighted by atomic mass is 16.2. The van der Waals surface area contributed by atoms with Crippen molar-refractivity contribution in [1.82, 2.24) is 29.8 Å². The lowest BCUT2D eigenvalue weighted by atomic mass is 10.0. The Morgan fingerprint density at radius 2 is 1.97 bits per heavy atom. The fraction of sp³-hybridized carbons (Fsp3) is 0.480. The summed E-state index contributed by atoms with van der Waals surface area (Å²) in [6.45, 7) is 6.11. The van der Waals surface area contributed by atoms with E-state index in [-0.39, 0.29) is 5.91 Å². The van der Waals surface area contributed by atoms with Gasteiger partial charge in [-0.25, -0.2) is 0 Å². The van der Waals surface area contributed by atoms with Gasteiger partial charge in [-0.05, 0) is 55.6 Å². The largest absolute Gasteiger partial charge is 0.338 e. The minimum Gasteiger partial charge on any atom is -0.338 e. The number of hydrogen-bond donors (Lipinski definition) is 1. The predicted octanol–water partition coefficient (Wildman–Crippen LogP) is 2.81. The molecule has 0 saturated carbocycles. The first-order valence-electron chi connectivity index (χ1n) is 12.0. The fourth-order valence-corrected chi connectivity index (χ4v) is 5.64. The first-order chi connectivity index (χ1) is 16.1. The van der Waals surface area contributed by atoms with Gasteiger partial charge in [-0.15, -0.1) is 0 Å². The van der Waals surface area contributed by atoms with Gasteiger partial charge in [-0.3, -0.25) is 14.2 Å². The number of anilines is 2. The molecule has 172 valence electrons. The van der Waals surface area contributed by atoms with Crippen molar-refractivity contribution in [2.75, 3.05) is 31.1 Å². The second kappa shape index (κ2) is 8.02. The van der Waals surface area contributed by atoms with Crippen molar-refractivity contribution in [3.8, 4) is 11.1 Å². The normalized spacial score (nSPS) is 18.5. The SMILES string of the molecule is CC(=O)N1CCc2c(c(N3CCc4cc(-c5cnn(C)c5)ccc43)nn2C2CCNCC2)C1. The molecule has 1 saturated heterocycles. The number of benzene rings is 1. The van der Waals surface area contributed by atoms with Gasteiger partial charge < -0.3 is 15.1 Å². The van der Waals surface area contributed by atoms with E-state index in [1.165, 1.54) is 28.1 Å². The third-order valence-corrected chi connectivity index (χ3v) is 7.43. The highest BCUT2D eigenvalue weighted by Crippen LogP contribution is 2.41. The molecule has 3 aromatic rings. The summed E-state index contributed by atoms with van der Waals surface area (Å²) in [4.78, 5) is 16.5. The summed E-state index contributed by atoms with van der Waals surface area (Å²) in [6.07, 6.45) is 8.06. The molecule has 0 spiro atoms. The molecular weight excluding hydrogens is 414 g/mol. The van der Waals surface area contributed by atoms with Gasteiger partial charge in [0.05, 0.1) is 18.8 Å². The number of piperidine rings is 1. The lowest BCUT2D eigenvalue weighted by Gasteiger charge is -2.30. The van der Waals surface area contributed by atoms with Crippen LogP contribution in [0.5, 0.6) is 0 Å². The summed E-state index contributed by atoms with van der Waals surface area (Å²) < 4.78 is 4.15. The van der Waals surface area contributed by atoms with Crippen LogP contribution in [0.25, 0.3) is 11.1 Å². The number of rotatable bonds is 3. The van der Waals surface area contributed by atoms with Crippen molar-refractivity contribution < 1.29 is 4.79 Å². The van der Waals surface area contributed by atoms with Crippen molar-refractivity contribution in [3.05, 3.63) is 47.4 Å². The third-order valence-electron chi connectivity index (χ3n) is 7.43. The maximum absolute atomic E-state index is 12.2. The molecule has 0 atom stereocenters. The molecular formula is C25H31N7O. The maximum atomic E-state index is 12.2. The van der Waals surface area contributed by atoms with Crippen molar-refractivity contribution >= 4 is 17.4 Å². The summed E-state index contributed by atoms with van der Waals surface area (Å²) in [5, 5.41) is 13.0. The molecule has 2 aromatic heterocycles. The van der Waals surface area contributed by atoms with Gasteiger partial charge in [0.2, 0.25) is 5.91 Å². The molecule has 1 fully saturated rings. The molecule has 1 aromatic carbocycles. The molecule has 1 N–H and O–H groups in total. The molecule has 3 aliphatic heterocycles. The van der Waals surface area contributed by atoms with Gasteiger partial charge in [0.25, 0.3) is 0 Å². The first-order valence-corrected chi connectivity index (χ1v) is 12.0. The lowest BCUT2D eigenvalue weighted by Crippen LogP contribution is -2.36. The summed E-state index contributed by atoms with van der Waals surface area (Å²) in [5.41, 5.74) is 7.49. The number of nitrogens with zero attached hydrogens (tertiary/aromatic N) is 6. The van der Waals surface area contributed by atoms with Gasteiger partial charge in [0.15, 0.2) is 5.82 Å². The molecule has 8 heteroatoms. The molecule has 3 aliphatic rings. The summed E-state index contributed by atoms with van der Waals surface area (Å²) >= 11 is 0. The molecule has 5 heterocycles. The van der Waals surface area contributed by atoms with Gasteiger partial charge in [0.1, 0.15) is 0 Å². The Labute approximate surface area is 194 Å². The van der Waals surface area contributed by atoms with Crippen LogP contribution in [0.1, 0.15) is 42.6 Å². The van der Waals surface area contributed by atoms with Gasteiger partial charge in [-0.2, -0.15) is 10.2 Å². The van der Waals surface area contributed by atoms with Crippen LogP contribution in [0.4, 0.5) is 11.5 Å². The van der Waals surface area contributed by atoms with Crippen LogP contribution in [0.3, 0.4) is 0 Å². The number of fused-ring (bicyclic) bond motifs is 2. The highest BCUT2D eigenvalue weighted by Gasteiger charge is 2.33. The Morgan fingerprint density at radius 3 is 2.73 bits per heavy atom. The maximum Gasteiger partial charge on any atom is 0.219 e. The zero-order valence-corrected chi connectivity index (χ0v) is 19.4. The Hall–Kier alpha value is -3.13.